The van der Waals surface area contributed by atoms with Crippen molar-refractivity contribution in [2.45, 2.75) is 13.8 Å². The smallest absolute Gasteiger partial charge is 0.223 e. The summed E-state index contributed by atoms with van der Waals surface area (Å²) < 4.78 is 0. The number of hydrogen-bond acceptors (Lipinski definition) is 4. The second-order valence-corrected chi connectivity index (χ2v) is 3.43. The summed E-state index contributed by atoms with van der Waals surface area (Å²) in [4.78, 5) is 12.3. The van der Waals surface area contributed by atoms with E-state index in [1.165, 1.54) is 5.56 Å². The van der Waals surface area contributed by atoms with E-state index in [0.29, 0.717) is 11.6 Å². The molecule has 1 aromatic heterocycles. The van der Waals surface area contributed by atoms with Gasteiger partial charge in [-0.1, -0.05) is 23.8 Å². The van der Waals surface area contributed by atoms with Crippen molar-refractivity contribution in [2.75, 3.05) is 5.73 Å². The van der Waals surface area contributed by atoms with Gasteiger partial charge < -0.3 is 5.73 Å². The van der Waals surface area contributed by atoms with Crippen LogP contribution in [0, 0.1) is 13.8 Å². The van der Waals surface area contributed by atoms with Gasteiger partial charge in [0.05, 0.1) is 0 Å². The summed E-state index contributed by atoms with van der Waals surface area (Å²) in [6.45, 7) is 3.83. The minimum atomic E-state index is 0.263. The standard InChI is InChI=1S/C11H12N4/c1-7-4-3-5-9(6-7)10-13-8(2)14-11(12)15-10/h3-6H,1-2H3,(H2,12,13,14,15). The molecule has 1 heterocycles. The number of nitrogens with two attached hydrogens (primary N) is 1. The lowest BCUT2D eigenvalue weighted by atomic mass is 10.1. The molecular weight excluding hydrogens is 188 g/mol. The average Bonchev–Trinajstić information content (AvgIpc) is 2.16. The molecular formula is C11H12N4. The highest BCUT2D eigenvalue weighted by molar-refractivity contribution is 5.56. The topological polar surface area (TPSA) is 64.7 Å². The first-order chi connectivity index (χ1) is 7.15. The Kier molecular flexibility index (Phi) is 2.33. The van der Waals surface area contributed by atoms with Gasteiger partial charge in [-0.05, 0) is 19.9 Å². The van der Waals surface area contributed by atoms with Gasteiger partial charge in [0.1, 0.15) is 5.82 Å². The van der Waals surface area contributed by atoms with Gasteiger partial charge in [0.25, 0.3) is 0 Å². The molecule has 2 rings (SSSR count). The second-order valence-electron chi connectivity index (χ2n) is 3.43. The first-order valence-electron chi connectivity index (χ1n) is 4.70. The molecule has 4 nitrogen and oxygen atoms in total. The summed E-state index contributed by atoms with van der Waals surface area (Å²) in [5, 5.41) is 0. The van der Waals surface area contributed by atoms with Crippen LogP contribution in [0.3, 0.4) is 0 Å². The van der Waals surface area contributed by atoms with E-state index in [1.807, 2.05) is 31.2 Å². The Labute approximate surface area is 88.2 Å². The molecule has 1 aromatic carbocycles. The molecule has 0 aliphatic rings. The quantitative estimate of drug-likeness (QED) is 0.761. The summed E-state index contributed by atoms with van der Waals surface area (Å²) in [7, 11) is 0. The van der Waals surface area contributed by atoms with Crippen molar-refractivity contribution in [3.05, 3.63) is 35.7 Å². The van der Waals surface area contributed by atoms with Crippen LogP contribution in [0.5, 0.6) is 0 Å². The number of hydrogen-bond donors (Lipinski definition) is 1. The largest absolute Gasteiger partial charge is 0.368 e. The Morgan fingerprint density at radius 1 is 1.07 bits per heavy atom. The molecule has 2 aromatic rings. The van der Waals surface area contributed by atoms with Gasteiger partial charge in [0.2, 0.25) is 5.95 Å². The van der Waals surface area contributed by atoms with Gasteiger partial charge in [-0.25, -0.2) is 4.98 Å². The lowest BCUT2D eigenvalue weighted by Gasteiger charge is -2.02. The van der Waals surface area contributed by atoms with E-state index < -0.39 is 0 Å². The average molecular weight is 200 g/mol. The zero-order valence-electron chi connectivity index (χ0n) is 8.73. The minimum absolute atomic E-state index is 0.263. The van der Waals surface area contributed by atoms with Crippen molar-refractivity contribution < 1.29 is 0 Å². The lowest BCUT2D eigenvalue weighted by molar-refractivity contribution is 0.996. The molecule has 2 N–H and O–H groups in total. The van der Waals surface area contributed by atoms with Crippen molar-refractivity contribution in [2.24, 2.45) is 0 Å². The molecule has 15 heavy (non-hydrogen) atoms. The first-order valence-corrected chi connectivity index (χ1v) is 4.70. The predicted octanol–water partition coefficient (Wildman–Crippen LogP) is 1.74. The monoisotopic (exact) mass is 200 g/mol. The van der Waals surface area contributed by atoms with E-state index in [0.717, 1.165) is 5.56 Å². The Bertz CT molecular complexity index is 473. The minimum Gasteiger partial charge on any atom is -0.368 e. The highest BCUT2D eigenvalue weighted by Gasteiger charge is 2.03. The number of aromatic nitrogens is 3. The van der Waals surface area contributed by atoms with Crippen LogP contribution in [0.15, 0.2) is 24.3 Å². The molecule has 0 spiro atoms. The summed E-state index contributed by atoms with van der Waals surface area (Å²) >= 11 is 0. The normalized spacial score (nSPS) is 10.3. The number of benzene rings is 1. The maximum Gasteiger partial charge on any atom is 0.223 e. The molecule has 4 heteroatoms. The van der Waals surface area contributed by atoms with E-state index in [1.54, 1.807) is 6.92 Å². The fraction of sp³-hybridized carbons (Fsp3) is 0.182. The summed E-state index contributed by atoms with van der Waals surface area (Å²) in [5.74, 6) is 1.53. The second kappa shape index (κ2) is 3.65. The van der Waals surface area contributed by atoms with Crippen LogP contribution in [-0.4, -0.2) is 15.0 Å². The van der Waals surface area contributed by atoms with Crippen LogP contribution in [0.25, 0.3) is 11.4 Å². The van der Waals surface area contributed by atoms with Crippen molar-refractivity contribution in [3.63, 3.8) is 0 Å². The fourth-order valence-electron chi connectivity index (χ4n) is 1.42. The lowest BCUT2D eigenvalue weighted by Crippen LogP contribution is -2.01. The zero-order chi connectivity index (χ0) is 10.8. The van der Waals surface area contributed by atoms with Gasteiger partial charge >= 0.3 is 0 Å². The third-order valence-corrected chi connectivity index (χ3v) is 2.04. The number of nitrogen functional groups attached to an aromatic ring is 1. The maximum absolute atomic E-state index is 5.57. The maximum atomic E-state index is 5.57. The van der Waals surface area contributed by atoms with Crippen LogP contribution in [-0.2, 0) is 0 Å². The van der Waals surface area contributed by atoms with Crippen molar-refractivity contribution in [1.29, 1.82) is 0 Å². The number of anilines is 1. The molecule has 0 saturated heterocycles. The van der Waals surface area contributed by atoms with E-state index >= 15 is 0 Å². The van der Waals surface area contributed by atoms with Gasteiger partial charge in [-0.15, -0.1) is 0 Å². The number of rotatable bonds is 1. The van der Waals surface area contributed by atoms with Crippen LogP contribution in [0.2, 0.25) is 0 Å². The van der Waals surface area contributed by atoms with Crippen LogP contribution in [0.1, 0.15) is 11.4 Å². The van der Waals surface area contributed by atoms with Crippen molar-refractivity contribution in [1.82, 2.24) is 15.0 Å². The van der Waals surface area contributed by atoms with Gasteiger partial charge in [-0.3, -0.25) is 0 Å². The van der Waals surface area contributed by atoms with Crippen LogP contribution < -0.4 is 5.73 Å². The van der Waals surface area contributed by atoms with E-state index in [4.69, 9.17) is 5.73 Å². The molecule has 0 saturated carbocycles. The van der Waals surface area contributed by atoms with Gasteiger partial charge in [-0.2, -0.15) is 9.97 Å². The van der Waals surface area contributed by atoms with Crippen LogP contribution >= 0.6 is 0 Å². The summed E-state index contributed by atoms with van der Waals surface area (Å²) in [6.07, 6.45) is 0. The third-order valence-electron chi connectivity index (χ3n) is 2.04. The molecule has 0 bridgehead atoms. The Morgan fingerprint density at radius 2 is 1.87 bits per heavy atom. The van der Waals surface area contributed by atoms with Gasteiger partial charge in [0, 0.05) is 5.56 Å². The highest BCUT2D eigenvalue weighted by atomic mass is 15.1. The van der Waals surface area contributed by atoms with Crippen LogP contribution in [0.4, 0.5) is 5.95 Å². The third kappa shape index (κ3) is 2.10. The molecule has 0 aliphatic heterocycles. The molecule has 0 radical (unpaired) electrons. The van der Waals surface area contributed by atoms with E-state index in [-0.39, 0.29) is 5.95 Å². The Balaban J connectivity index is 2.54. The predicted molar refractivity (Wildman–Crippen MR) is 59.1 cm³/mol. The summed E-state index contributed by atoms with van der Waals surface area (Å²) in [5.41, 5.74) is 7.71. The SMILES string of the molecule is Cc1cccc(-c2nc(C)nc(N)n2)c1. The number of aryl methyl sites for hydroxylation is 2. The van der Waals surface area contributed by atoms with Gasteiger partial charge in [0.15, 0.2) is 5.82 Å². The molecule has 0 unspecified atom stereocenters. The first kappa shape index (κ1) is 9.58. The molecule has 0 aliphatic carbocycles. The number of nitrogens with zero attached hydrogens (tertiary/aromatic N) is 3. The molecule has 0 fully saturated rings. The van der Waals surface area contributed by atoms with Crippen molar-refractivity contribution >= 4 is 5.95 Å². The zero-order valence-corrected chi connectivity index (χ0v) is 8.73. The van der Waals surface area contributed by atoms with Crippen molar-refractivity contribution in [3.8, 4) is 11.4 Å². The molecule has 0 atom stereocenters. The van der Waals surface area contributed by atoms with E-state index in [2.05, 4.69) is 15.0 Å². The highest BCUT2D eigenvalue weighted by Crippen LogP contribution is 2.16. The Morgan fingerprint density at radius 3 is 2.53 bits per heavy atom. The fourth-order valence-corrected chi connectivity index (χ4v) is 1.42. The van der Waals surface area contributed by atoms with E-state index in [9.17, 15) is 0 Å². The Hall–Kier alpha value is -1.97. The molecule has 0 amide bonds. The summed E-state index contributed by atoms with van der Waals surface area (Å²) in [6, 6.07) is 7.98. The molecule has 76 valence electrons.